The molecule has 0 bridgehead atoms. The van der Waals surface area contributed by atoms with E-state index in [9.17, 15) is 9.59 Å². The molecule has 0 aromatic heterocycles. The Kier molecular flexibility index (Phi) is 3.16. The number of rotatable bonds is 2. The van der Waals surface area contributed by atoms with Crippen molar-refractivity contribution in [1.82, 2.24) is 9.80 Å². The van der Waals surface area contributed by atoms with E-state index in [1.165, 1.54) is 0 Å². The number of thioether (sulfide) groups is 1. The van der Waals surface area contributed by atoms with Crippen molar-refractivity contribution in [1.29, 1.82) is 0 Å². The molecule has 2 fully saturated rings. The Balaban J connectivity index is 1.84. The molecule has 0 radical (unpaired) electrons. The molecule has 0 saturated carbocycles. The molecule has 0 aliphatic carbocycles. The van der Waals surface area contributed by atoms with Crippen LogP contribution < -0.4 is 5.73 Å². The highest BCUT2D eigenvalue weighted by Gasteiger charge is 2.28. The van der Waals surface area contributed by atoms with Crippen molar-refractivity contribution in [2.45, 2.75) is 12.5 Å². The first-order valence-corrected chi connectivity index (χ1v) is 6.21. The van der Waals surface area contributed by atoms with E-state index in [0.29, 0.717) is 18.2 Å². The van der Waals surface area contributed by atoms with Gasteiger partial charge in [0.2, 0.25) is 11.8 Å². The van der Waals surface area contributed by atoms with Crippen LogP contribution in [0.3, 0.4) is 0 Å². The summed E-state index contributed by atoms with van der Waals surface area (Å²) in [4.78, 5) is 26.4. The molecule has 84 valence electrons. The van der Waals surface area contributed by atoms with E-state index in [2.05, 4.69) is 0 Å². The summed E-state index contributed by atoms with van der Waals surface area (Å²) in [5.41, 5.74) is 5.72. The maximum atomic E-state index is 11.8. The molecule has 2 amide bonds. The summed E-state index contributed by atoms with van der Waals surface area (Å²) in [5.74, 6) is 1.24. The lowest BCUT2D eigenvalue weighted by molar-refractivity contribution is -0.137. The minimum Gasteiger partial charge on any atom is -0.340 e. The maximum Gasteiger partial charge on any atom is 0.242 e. The van der Waals surface area contributed by atoms with Crippen molar-refractivity contribution >= 4 is 23.6 Å². The number of carbonyl (C=O) groups excluding carboxylic acids is 2. The summed E-state index contributed by atoms with van der Waals surface area (Å²) in [6.45, 7) is 1.59. The Morgan fingerprint density at radius 3 is 2.93 bits per heavy atom. The number of nitrogens with zero attached hydrogens (tertiary/aromatic N) is 2. The smallest absolute Gasteiger partial charge is 0.242 e. The molecular weight excluding hydrogens is 214 g/mol. The van der Waals surface area contributed by atoms with Crippen molar-refractivity contribution in [2.75, 3.05) is 31.3 Å². The van der Waals surface area contributed by atoms with Crippen LogP contribution >= 0.6 is 11.8 Å². The van der Waals surface area contributed by atoms with Crippen LogP contribution in [0.25, 0.3) is 0 Å². The molecule has 15 heavy (non-hydrogen) atoms. The largest absolute Gasteiger partial charge is 0.340 e. The maximum absolute atomic E-state index is 11.8. The molecule has 6 heteroatoms. The van der Waals surface area contributed by atoms with Crippen molar-refractivity contribution in [3.63, 3.8) is 0 Å². The third kappa shape index (κ3) is 2.43. The molecule has 0 aromatic carbocycles. The van der Waals surface area contributed by atoms with Crippen LogP contribution in [0.1, 0.15) is 6.42 Å². The van der Waals surface area contributed by atoms with Gasteiger partial charge in [-0.25, -0.2) is 0 Å². The van der Waals surface area contributed by atoms with Gasteiger partial charge in [-0.05, 0) is 6.42 Å². The van der Waals surface area contributed by atoms with Crippen LogP contribution in [-0.4, -0.2) is 58.9 Å². The molecular formula is C9H15N3O2S. The van der Waals surface area contributed by atoms with Crippen molar-refractivity contribution in [3.8, 4) is 0 Å². The van der Waals surface area contributed by atoms with E-state index in [1.807, 2.05) is 0 Å². The number of likely N-dealkylation sites (tertiary alicyclic amines) is 1. The Hall–Kier alpha value is -0.750. The molecule has 2 aliphatic heterocycles. The number of amides is 2. The fourth-order valence-electron chi connectivity index (χ4n) is 1.82. The summed E-state index contributed by atoms with van der Waals surface area (Å²) in [7, 11) is 0. The van der Waals surface area contributed by atoms with E-state index < -0.39 is 0 Å². The second kappa shape index (κ2) is 4.40. The Morgan fingerprint density at radius 1 is 1.60 bits per heavy atom. The summed E-state index contributed by atoms with van der Waals surface area (Å²) in [6.07, 6.45) is 0.869. The second-order valence-electron chi connectivity index (χ2n) is 3.96. The van der Waals surface area contributed by atoms with E-state index in [-0.39, 0.29) is 24.4 Å². The Bertz CT molecular complexity index is 285. The molecule has 2 saturated heterocycles. The molecule has 5 nitrogen and oxygen atoms in total. The Labute approximate surface area is 93.0 Å². The monoisotopic (exact) mass is 229 g/mol. The second-order valence-corrected chi connectivity index (χ2v) is 4.91. The zero-order valence-corrected chi connectivity index (χ0v) is 9.33. The van der Waals surface area contributed by atoms with Crippen LogP contribution in [0.4, 0.5) is 0 Å². The van der Waals surface area contributed by atoms with E-state index in [4.69, 9.17) is 5.73 Å². The normalized spacial score (nSPS) is 26.5. The van der Waals surface area contributed by atoms with Gasteiger partial charge in [0.1, 0.15) is 6.54 Å². The average Bonchev–Trinajstić information content (AvgIpc) is 2.77. The lowest BCUT2D eigenvalue weighted by Gasteiger charge is -2.20. The number of nitrogens with two attached hydrogens (primary N) is 1. The summed E-state index contributed by atoms with van der Waals surface area (Å²) >= 11 is 1.56. The molecule has 2 N–H and O–H groups in total. The standard InChI is InChI=1S/C9H15N3O2S/c10-7-1-2-11(3-7)8(13)4-12-6-15-5-9(12)14/h7H,1-6,10H2/t7-/m1/s1. The third-order valence-corrected chi connectivity index (χ3v) is 3.67. The van der Waals surface area contributed by atoms with Crippen molar-refractivity contribution in [3.05, 3.63) is 0 Å². The molecule has 1 atom stereocenters. The summed E-state index contributed by atoms with van der Waals surface area (Å²) in [5, 5.41) is 0. The lowest BCUT2D eigenvalue weighted by Crippen LogP contribution is -2.40. The fraction of sp³-hybridized carbons (Fsp3) is 0.778. The van der Waals surface area contributed by atoms with Gasteiger partial charge < -0.3 is 15.5 Å². The van der Waals surface area contributed by atoms with Crippen LogP contribution in [0.2, 0.25) is 0 Å². The van der Waals surface area contributed by atoms with Crippen molar-refractivity contribution in [2.24, 2.45) is 5.73 Å². The summed E-state index contributed by atoms with van der Waals surface area (Å²) in [6, 6.07) is 0.109. The first-order valence-electron chi connectivity index (χ1n) is 5.05. The van der Waals surface area contributed by atoms with E-state index >= 15 is 0 Å². The highest BCUT2D eigenvalue weighted by Crippen LogP contribution is 2.15. The van der Waals surface area contributed by atoms with Gasteiger partial charge in [0.05, 0.1) is 11.6 Å². The zero-order valence-electron chi connectivity index (χ0n) is 8.52. The highest BCUT2D eigenvalue weighted by molar-refractivity contribution is 8.00. The minimum absolute atomic E-state index is 0.0267. The molecule has 2 heterocycles. The van der Waals surface area contributed by atoms with Crippen LogP contribution in [0, 0.1) is 0 Å². The molecule has 2 aliphatic rings. The van der Waals surface area contributed by atoms with Gasteiger partial charge in [-0.15, -0.1) is 11.8 Å². The predicted molar refractivity (Wildman–Crippen MR) is 58.2 cm³/mol. The predicted octanol–water partition coefficient (Wildman–Crippen LogP) is -0.921. The molecule has 2 rings (SSSR count). The quantitative estimate of drug-likeness (QED) is 0.665. The van der Waals surface area contributed by atoms with Crippen molar-refractivity contribution < 1.29 is 9.59 Å². The van der Waals surface area contributed by atoms with Crippen LogP contribution in [-0.2, 0) is 9.59 Å². The highest BCUT2D eigenvalue weighted by atomic mass is 32.2. The molecule has 0 unspecified atom stereocenters. The first kappa shape index (κ1) is 10.8. The lowest BCUT2D eigenvalue weighted by atomic mass is 10.3. The van der Waals surface area contributed by atoms with Gasteiger partial charge in [-0.2, -0.15) is 0 Å². The fourth-order valence-corrected chi connectivity index (χ4v) is 2.72. The SMILES string of the molecule is N[C@@H]1CCN(C(=O)CN2CSCC2=O)C1. The van der Waals surface area contributed by atoms with Gasteiger partial charge in [0.15, 0.2) is 0 Å². The van der Waals surface area contributed by atoms with Gasteiger partial charge in [-0.1, -0.05) is 0 Å². The molecule has 0 spiro atoms. The topological polar surface area (TPSA) is 66.6 Å². The van der Waals surface area contributed by atoms with Gasteiger partial charge >= 0.3 is 0 Å². The first-order chi connectivity index (χ1) is 7.16. The Morgan fingerprint density at radius 2 is 2.40 bits per heavy atom. The van der Waals surface area contributed by atoms with Gasteiger partial charge in [0.25, 0.3) is 0 Å². The summed E-state index contributed by atoms with van der Waals surface area (Å²) < 4.78 is 0. The van der Waals surface area contributed by atoms with Crippen LogP contribution in [0.15, 0.2) is 0 Å². The molecule has 0 aromatic rings. The number of carbonyl (C=O) groups is 2. The van der Waals surface area contributed by atoms with E-state index in [1.54, 1.807) is 21.6 Å². The average molecular weight is 229 g/mol. The van der Waals surface area contributed by atoms with Crippen LogP contribution in [0.5, 0.6) is 0 Å². The minimum atomic E-state index is 0.0267. The zero-order chi connectivity index (χ0) is 10.8. The number of hydrogen-bond acceptors (Lipinski definition) is 4. The van der Waals surface area contributed by atoms with Gasteiger partial charge in [0, 0.05) is 19.1 Å². The van der Waals surface area contributed by atoms with E-state index in [0.717, 1.165) is 13.0 Å². The third-order valence-electron chi connectivity index (χ3n) is 2.73. The number of hydrogen-bond donors (Lipinski definition) is 1. The van der Waals surface area contributed by atoms with Gasteiger partial charge in [-0.3, -0.25) is 9.59 Å².